The summed E-state index contributed by atoms with van der Waals surface area (Å²) in [7, 11) is 3.79. The highest BCUT2D eigenvalue weighted by molar-refractivity contribution is 6.46. The Balaban J connectivity index is 1.81. The summed E-state index contributed by atoms with van der Waals surface area (Å²) in [6.45, 7) is 0.963. The highest BCUT2D eigenvalue weighted by Gasteiger charge is 2.46. The van der Waals surface area contributed by atoms with Gasteiger partial charge in [0.1, 0.15) is 5.76 Å². The highest BCUT2D eigenvalue weighted by Crippen LogP contribution is 2.42. The lowest BCUT2D eigenvalue weighted by molar-refractivity contribution is -0.384. The number of nitrogens with zero attached hydrogens (tertiary/aromatic N) is 3. The highest BCUT2D eigenvalue weighted by atomic mass is 16.7. The summed E-state index contributed by atoms with van der Waals surface area (Å²) in [5.74, 6) is -1.06. The van der Waals surface area contributed by atoms with Crippen LogP contribution < -0.4 is 9.47 Å². The van der Waals surface area contributed by atoms with Crippen molar-refractivity contribution in [1.82, 2.24) is 9.80 Å². The van der Waals surface area contributed by atoms with Crippen LogP contribution in [0.5, 0.6) is 11.5 Å². The Morgan fingerprint density at radius 1 is 1.18 bits per heavy atom. The number of Topliss-reactive ketones (excluding diaryl/α,β-unsaturated/α-hetero) is 1. The van der Waals surface area contributed by atoms with Gasteiger partial charge < -0.3 is 24.4 Å². The zero-order valence-electron chi connectivity index (χ0n) is 18.2. The third-order valence-electron chi connectivity index (χ3n) is 5.59. The van der Waals surface area contributed by atoms with Gasteiger partial charge in [-0.1, -0.05) is 12.1 Å². The number of aliphatic hydroxyl groups is 1. The topological polar surface area (TPSA) is 122 Å². The van der Waals surface area contributed by atoms with Gasteiger partial charge in [-0.05, 0) is 50.8 Å². The minimum Gasteiger partial charge on any atom is -0.507 e. The molecule has 0 radical (unpaired) electrons. The van der Waals surface area contributed by atoms with Crippen molar-refractivity contribution in [3.05, 3.63) is 69.3 Å². The van der Waals surface area contributed by atoms with E-state index in [0.717, 1.165) is 0 Å². The fraction of sp³-hybridized carbons (Fsp3) is 0.304. The first-order valence-electron chi connectivity index (χ1n) is 10.4. The third kappa shape index (κ3) is 4.24. The number of amides is 1. The number of rotatable bonds is 7. The van der Waals surface area contributed by atoms with Gasteiger partial charge in [-0.15, -0.1) is 0 Å². The molecule has 4 rings (SSSR count). The normalized spacial score (nSPS) is 18.9. The maximum atomic E-state index is 13.1. The molecule has 0 bridgehead atoms. The molecule has 1 atom stereocenters. The monoisotopic (exact) mass is 453 g/mol. The summed E-state index contributed by atoms with van der Waals surface area (Å²) in [6.07, 6.45) is 0.579. The second-order valence-electron chi connectivity index (χ2n) is 8.07. The van der Waals surface area contributed by atoms with Crippen molar-refractivity contribution in [2.75, 3.05) is 34.0 Å². The number of aliphatic hydroxyl groups excluding tert-OH is 1. The largest absolute Gasteiger partial charge is 0.507 e. The van der Waals surface area contributed by atoms with Crippen LogP contribution in [0, 0.1) is 10.1 Å². The molecule has 0 spiro atoms. The second-order valence-corrected chi connectivity index (χ2v) is 8.07. The van der Waals surface area contributed by atoms with Crippen molar-refractivity contribution in [3.8, 4) is 11.5 Å². The Labute approximate surface area is 189 Å². The van der Waals surface area contributed by atoms with Crippen LogP contribution in [0.2, 0.25) is 0 Å². The van der Waals surface area contributed by atoms with Gasteiger partial charge in [0.25, 0.3) is 17.4 Å². The number of ketones is 1. The van der Waals surface area contributed by atoms with E-state index in [2.05, 4.69) is 0 Å². The summed E-state index contributed by atoms with van der Waals surface area (Å²) in [6, 6.07) is 9.49. The second kappa shape index (κ2) is 8.91. The zero-order chi connectivity index (χ0) is 23.7. The predicted octanol–water partition coefficient (Wildman–Crippen LogP) is 2.70. The van der Waals surface area contributed by atoms with Crippen LogP contribution in [0.1, 0.15) is 23.6 Å². The molecule has 33 heavy (non-hydrogen) atoms. The molecule has 0 saturated carbocycles. The Bertz CT molecular complexity index is 1160. The molecule has 10 nitrogen and oxygen atoms in total. The van der Waals surface area contributed by atoms with Crippen molar-refractivity contribution in [1.29, 1.82) is 0 Å². The minimum absolute atomic E-state index is 0.0451. The molecule has 1 N–H and O–H groups in total. The molecular weight excluding hydrogens is 430 g/mol. The van der Waals surface area contributed by atoms with E-state index in [4.69, 9.17) is 9.47 Å². The van der Waals surface area contributed by atoms with Crippen molar-refractivity contribution >= 4 is 23.1 Å². The first-order chi connectivity index (χ1) is 15.8. The first kappa shape index (κ1) is 22.3. The van der Waals surface area contributed by atoms with Crippen LogP contribution in [0.15, 0.2) is 48.0 Å². The van der Waals surface area contributed by atoms with E-state index in [0.29, 0.717) is 30.0 Å². The van der Waals surface area contributed by atoms with Gasteiger partial charge in [-0.25, -0.2) is 0 Å². The summed E-state index contributed by atoms with van der Waals surface area (Å²) >= 11 is 0. The number of carbonyl (C=O) groups is 2. The van der Waals surface area contributed by atoms with Crippen LogP contribution in [0.4, 0.5) is 5.69 Å². The number of benzene rings is 2. The third-order valence-corrected chi connectivity index (χ3v) is 5.59. The molecule has 2 aromatic rings. The fourth-order valence-corrected chi connectivity index (χ4v) is 4.02. The van der Waals surface area contributed by atoms with Gasteiger partial charge in [0, 0.05) is 24.2 Å². The number of likely N-dealkylation sites (tertiary alicyclic amines) is 1. The maximum Gasteiger partial charge on any atom is 0.295 e. The molecule has 0 aromatic heterocycles. The molecule has 1 fully saturated rings. The Kier molecular flexibility index (Phi) is 6.01. The molecule has 2 aliphatic heterocycles. The lowest BCUT2D eigenvalue weighted by Gasteiger charge is -2.25. The molecule has 0 aliphatic carbocycles. The smallest absolute Gasteiger partial charge is 0.295 e. The van der Waals surface area contributed by atoms with E-state index in [1.807, 2.05) is 19.0 Å². The molecule has 1 amide bonds. The molecule has 2 aromatic carbocycles. The van der Waals surface area contributed by atoms with E-state index in [1.54, 1.807) is 18.2 Å². The summed E-state index contributed by atoms with van der Waals surface area (Å²) < 4.78 is 10.6. The fourth-order valence-electron chi connectivity index (χ4n) is 4.02. The molecule has 2 aliphatic rings. The van der Waals surface area contributed by atoms with Crippen LogP contribution in [-0.2, 0) is 9.59 Å². The van der Waals surface area contributed by atoms with E-state index >= 15 is 0 Å². The molecule has 2 heterocycles. The number of hydrogen-bond donors (Lipinski definition) is 1. The maximum absolute atomic E-state index is 13.1. The first-order valence-corrected chi connectivity index (χ1v) is 10.4. The molecular formula is C23H23N3O7. The van der Waals surface area contributed by atoms with E-state index in [1.165, 1.54) is 29.2 Å². The van der Waals surface area contributed by atoms with Crippen molar-refractivity contribution in [3.63, 3.8) is 0 Å². The average molecular weight is 453 g/mol. The van der Waals surface area contributed by atoms with Gasteiger partial charge in [-0.2, -0.15) is 0 Å². The van der Waals surface area contributed by atoms with Crippen LogP contribution in [-0.4, -0.2) is 65.5 Å². The van der Waals surface area contributed by atoms with Crippen molar-refractivity contribution < 1.29 is 29.1 Å². The summed E-state index contributed by atoms with van der Waals surface area (Å²) in [4.78, 5) is 40.1. The molecule has 172 valence electrons. The molecule has 10 heteroatoms. The SMILES string of the molecule is CN(C)CCCN1C(=O)C(=O)/C(=C(/O)c2ccc3c(c2)OCO3)C1c1cccc([N+](=O)[O-])c1. The Hall–Kier alpha value is -3.92. The number of fused-ring (bicyclic) bond motifs is 1. The van der Waals surface area contributed by atoms with E-state index < -0.39 is 22.7 Å². The number of hydrogen-bond acceptors (Lipinski definition) is 8. The average Bonchev–Trinajstić information content (AvgIpc) is 3.36. The number of non-ortho nitro benzene ring substituents is 1. The van der Waals surface area contributed by atoms with Crippen molar-refractivity contribution in [2.24, 2.45) is 0 Å². The van der Waals surface area contributed by atoms with Crippen LogP contribution in [0.25, 0.3) is 5.76 Å². The molecule has 1 saturated heterocycles. The summed E-state index contributed by atoms with van der Waals surface area (Å²) in [5.41, 5.74) is 0.357. The number of nitro benzene ring substituents is 1. The van der Waals surface area contributed by atoms with Gasteiger partial charge in [-0.3, -0.25) is 19.7 Å². The minimum atomic E-state index is -0.961. The standard InChI is InChI=1S/C23H23N3O7/c1-24(2)9-4-10-25-20(14-5-3-6-16(11-14)26(30)31)19(22(28)23(25)29)21(27)15-7-8-17-18(12-15)33-13-32-17/h3,5-8,11-12,20,27H,4,9-10,13H2,1-2H3/b21-19+. The van der Waals surface area contributed by atoms with Crippen LogP contribution in [0.3, 0.4) is 0 Å². The Morgan fingerprint density at radius 3 is 2.67 bits per heavy atom. The molecule has 1 unspecified atom stereocenters. The predicted molar refractivity (Wildman–Crippen MR) is 118 cm³/mol. The number of carbonyl (C=O) groups excluding carboxylic acids is 2. The summed E-state index contributed by atoms with van der Waals surface area (Å²) in [5, 5.41) is 22.5. The number of nitro groups is 1. The zero-order valence-corrected chi connectivity index (χ0v) is 18.2. The lowest BCUT2D eigenvalue weighted by Crippen LogP contribution is -2.32. The quantitative estimate of drug-likeness (QED) is 0.223. The van der Waals surface area contributed by atoms with Gasteiger partial charge in [0.15, 0.2) is 11.5 Å². The van der Waals surface area contributed by atoms with Gasteiger partial charge in [0.2, 0.25) is 6.79 Å². The van der Waals surface area contributed by atoms with Crippen molar-refractivity contribution in [2.45, 2.75) is 12.5 Å². The van der Waals surface area contributed by atoms with Gasteiger partial charge in [0.05, 0.1) is 16.5 Å². The number of ether oxygens (including phenoxy) is 2. The van der Waals surface area contributed by atoms with Crippen LogP contribution >= 0.6 is 0 Å². The van der Waals surface area contributed by atoms with Gasteiger partial charge >= 0.3 is 0 Å². The Morgan fingerprint density at radius 2 is 1.94 bits per heavy atom. The van der Waals surface area contributed by atoms with E-state index in [9.17, 15) is 24.8 Å². The van der Waals surface area contributed by atoms with E-state index in [-0.39, 0.29) is 35.9 Å². The lowest BCUT2D eigenvalue weighted by atomic mass is 9.95.